The standard InChI is InChI=1S/C12H15NO4.C3H8.C2H6O/c1-16-12(15)10(13)7-11(14)17-8-9-5-3-2-4-6-9;2*1-3-2/h2-6,10H,7-8,13H2,1H3;3H2,1-2H3;1-2H3. The van der Waals surface area contributed by atoms with Crippen LogP contribution in [0, 0.1) is 0 Å². The summed E-state index contributed by atoms with van der Waals surface area (Å²) in [5.74, 6) is -1.14. The molecule has 23 heavy (non-hydrogen) atoms. The highest BCUT2D eigenvalue weighted by Crippen LogP contribution is 2.02. The summed E-state index contributed by atoms with van der Waals surface area (Å²) < 4.78 is 13.6. The zero-order valence-electron chi connectivity index (χ0n) is 14.7. The molecule has 1 aromatic carbocycles. The molecule has 0 saturated carbocycles. The van der Waals surface area contributed by atoms with E-state index in [0.717, 1.165) is 5.56 Å². The van der Waals surface area contributed by atoms with Crippen molar-refractivity contribution in [3.63, 3.8) is 0 Å². The van der Waals surface area contributed by atoms with Gasteiger partial charge in [-0.05, 0) is 5.56 Å². The molecular formula is C17H29NO5. The van der Waals surface area contributed by atoms with Gasteiger partial charge in [0.05, 0.1) is 13.5 Å². The molecule has 0 aliphatic carbocycles. The van der Waals surface area contributed by atoms with Crippen LogP contribution in [0.2, 0.25) is 0 Å². The number of nitrogens with two attached hydrogens (primary N) is 1. The molecule has 132 valence electrons. The maximum Gasteiger partial charge on any atom is 0.323 e. The fraction of sp³-hybridized carbons (Fsp3) is 0.529. The molecular weight excluding hydrogens is 298 g/mol. The number of carbonyl (C=O) groups is 2. The van der Waals surface area contributed by atoms with E-state index in [1.54, 1.807) is 14.2 Å². The highest BCUT2D eigenvalue weighted by atomic mass is 16.5. The molecule has 0 bridgehead atoms. The molecule has 0 radical (unpaired) electrons. The Morgan fingerprint density at radius 3 is 2.00 bits per heavy atom. The van der Waals surface area contributed by atoms with Crippen LogP contribution in [-0.2, 0) is 30.4 Å². The van der Waals surface area contributed by atoms with E-state index in [2.05, 4.69) is 23.3 Å². The number of carbonyl (C=O) groups excluding carboxylic acids is 2. The minimum Gasteiger partial charge on any atom is -0.468 e. The van der Waals surface area contributed by atoms with E-state index >= 15 is 0 Å². The molecule has 0 spiro atoms. The van der Waals surface area contributed by atoms with E-state index in [1.807, 2.05) is 30.3 Å². The van der Waals surface area contributed by atoms with Gasteiger partial charge in [-0.25, -0.2) is 0 Å². The minimum absolute atomic E-state index is 0.174. The highest BCUT2D eigenvalue weighted by Gasteiger charge is 2.18. The number of esters is 2. The summed E-state index contributed by atoms with van der Waals surface area (Å²) in [6.07, 6.45) is 1.07. The lowest BCUT2D eigenvalue weighted by Crippen LogP contribution is -2.34. The fourth-order valence-electron chi connectivity index (χ4n) is 1.21. The molecule has 0 saturated heterocycles. The van der Waals surface area contributed by atoms with Gasteiger partial charge in [0.25, 0.3) is 0 Å². The van der Waals surface area contributed by atoms with Gasteiger partial charge in [-0.2, -0.15) is 0 Å². The van der Waals surface area contributed by atoms with Crippen LogP contribution in [-0.4, -0.2) is 39.3 Å². The highest BCUT2D eigenvalue weighted by molar-refractivity contribution is 5.82. The first-order chi connectivity index (χ1) is 11.0. The van der Waals surface area contributed by atoms with Crippen molar-refractivity contribution < 1.29 is 23.8 Å². The molecule has 1 atom stereocenters. The summed E-state index contributed by atoms with van der Waals surface area (Å²) in [6.45, 7) is 4.42. The van der Waals surface area contributed by atoms with Crippen LogP contribution in [0.5, 0.6) is 0 Å². The Kier molecular flexibility index (Phi) is 16.7. The molecule has 1 unspecified atom stereocenters. The molecule has 0 fully saturated rings. The average molecular weight is 327 g/mol. The molecule has 0 heterocycles. The van der Waals surface area contributed by atoms with Crippen LogP contribution in [0.1, 0.15) is 32.3 Å². The maximum atomic E-state index is 11.3. The average Bonchev–Trinajstić information content (AvgIpc) is 2.54. The second-order valence-electron chi connectivity index (χ2n) is 4.60. The van der Waals surface area contributed by atoms with Crippen LogP contribution in [0.3, 0.4) is 0 Å². The predicted octanol–water partition coefficient (Wildman–Crippen LogP) is 2.30. The molecule has 1 rings (SSSR count). The normalized spacial score (nSPS) is 10.2. The number of hydrogen-bond donors (Lipinski definition) is 1. The van der Waals surface area contributed by atoms with Crippen LogP contribution < -0.4 is 5.73 Å². The Morgan fingerprint density at radius 2 is 1.57 bits per heavy atom. The van der Waals surface area contributed by atoms with Crippen molar-refractivity contribution in [3.05, 3.63) is 35.9 Å². The minimum atomic E-state index is -0.969. The van der Waals surface area contributed by atoms with Crippen LogP contribution in [0.4, 0.5) is 0 Å². The second kappa shape index (κ2) is 16.5. The van der Waals surface area contributed by atoms with E-state index < -0.39 is 18.0 Å². The summed E-state index contributed by atoms with van der Waals surface area (Å²) in [7, 11) is 4.47. The molecule has 6 nitrogen and oxygen atoms in total. The Labute approximate surface area is 138 Å². The first-order valence-electron chi connectivity index (χ1n) is 7.39. The zero-order valence-corrected chi connectivity index (χ0v) is 14.7. The zero-order chi connectivity index (χ0) is 18.1. The number of benzene rings is 1. The van der Waals surface area contributed by atoms with Gasteiger partial charge in [0, 0.05) is 14.2 Å². The van der Waals surface area contributed by atoms with Gasteiger partial charge in [0.2, 0.25) is 0 Å². The number of ether oxygens (including phenoxy) is 3. The first kappa shape index (κ1) is 23.3. The van der Waals surface area contributed by atoms with Gasteiger partial charge in [0.1, 0.15) is 12.6 Å². The topological polar surface area (TPSA) is 87.9 Å². The van der Waals surface area contributed by atoms with Crippen molar-refractivity contribution in [2.75, 3.05) is 21.3 Å². The number of hydrogen-bond acceptors (Lipinski definition) is 6. The van der Waals surface area contributed by atoms with Crippen LogP contribution in [0.15, 0.2) is 30.3 Å². The van der Waals surface area contributed by atoms with Crippen molar-refractivity contribution in [2.24, 2.45) is 5.73 Å². The summed E-state index contributed by atoms with van der Waals surface area (Å²) in [5, 5.41) is 0. The third-order valence-electron chi connectivity index (χ3n) is 2.13. The molecule has 1 aromatic rings. The third kappa shape index (κ3) is 14.8. The Bertz CT molecular complexity index is 407. The van der Waals surface area contributed by atoms with Gasteiger partial charge >= 0.3 is 11.9 Å². The van der Waals surface area contributed by atoms with Gasteiger partial charge < -0.3 is 19.9 Å². The van der Waals surface area contributed by atoms with E-state index in [-0.39, 0.29) is 13.0 Å². The Morgan fingerprint density at radius 1 is 1.09 bits per heavy atom. The molecule has 0 amide bonds. The van der Waals surface area contributed by atoms with Gasteiger partial charge in [-0.3, -0.25) is 9.59 Å². The van der Waals surface area contributed by atoms with Crippen molar-refractivity contribution in [1.29, 1.82) is 0 Å². The van der Waals surface area contributed by atoms with E-state index in [9.17, 15) is 9.59 Å². The summed E-state index contributed by atoms with van der Waals surface area (Å²) in [5.41, 5.74) is 6.30. The SMILES string of the molecule is CCC.COC.COC(=O)C(N)CC(=O)OCc1ccccc1. The fourth-order valence-corrected chi connectivity index (χ4v) is 1.21. The monoisotopic (exact) mass is 327 g/mol. The number of rotatable bonds is 5. The third-order valence-corrected chi connectivity index (χ3v) is 2.13. The van der Waals surface area contributed by atoms with Crippen molar-refractivity contribution in [3.8, 4) is 0 Å². The van der Waals surface area contributed by atoms with Crippen molar-refractivity contribution >= 4 is 11.9 Å². The molecule has 6 heteroatoms. The molecule has 0 aliphatic rings. The quantitative estimate of drug-likeness (QED) is 0.835. The molecule has 0 aliphatic heterocycles. The largest absolute Gasteiger partial charge is 0.468 e. The lowest BCUT2D eigenvalue weighted by atomic mass is 10.2. The second-order valence-corrected chi connectivity index (χ2v) is 4.60. The van der Waals surface area contributed by atoms with Crippen molar-refractivity contribution in [2.45, 2.75) is 39.3 Å². The maximum absolute atomic E-state index is 11.3. The van der Waals surface area contributed by atoms with Gasteiger partial charge in [-0.1, -0.05) is 50.6 Å². The van der Waals surface area contributed by atoms with E-state index in [0.29, 0.717) is 0 Å². The van der Waals surface area contributed by atoms with E-state index in [4.69, 9.17) is 10.5 Å². The van der Waals surface area contributed by atoms with Crippen LogP contribution in [0.25, 0.3) is 0 Å². The molecule has 2 N–H and O–H groups in total. The lowest BCUT2D eigenvalue weighted by molar-refractivity contribution is -0.151. The van der Waals surface area contributed by atoms with Crippen molar-refractivity contribution in [1.82, 2.24) is 0 Å². The Hall–Kier alpha value is -1.92. The van der Waals surface area contributed by atoms with Gasteiger partial charge in [-0.15, -0.1) is 0 Å². The Balaban J connectivity index is 0. The van der Waals surface area contributed by atoms with Gasteiger partial charge in [0.15, 0.2) is 0 Å². The lowest BCUT2D eigenvalue weighted by Gasteiger charge is -2.09. The predicted molar refractivity (Wildman–Crippen MR) is 89.7 cm³/mol. The summed E-state index contributed by atoms with van der Waals surface area (Å²) >= 11 is 0. The summed E-state index contributed by atoms with van der Waals surface area (Å²) in [4.78, 5) is 22.3. The molecule has 0 aromatic heterocycles. The number of methoxy groups -OCH3 is 2. The van der Waals surface area contributed by atoms with Crippen LogP contribution >= 0.6 is 0 Å². The summed E-state index contributed by atoms with van der Waals surface area (Å²) in [6, 6.07) is 8.29. The van der Waals surface area contributed by atoms with E-state index in [1.165, 1.54) is 13.5 Å². The smallest absolute Gasteiger partial charge is 0.323 e. The first-order valence-corrected chi connectivity index (χ1v) is 7.39.